The number of anilines is 1. The van der Waals surface area contributed by atoms with Gasteiger partial charge in [-0.25, -0.2) is 0 Å². The molecule has 0 aliphatic heterocycles. The molecule has 5 nitrogen and oxygen atoms in total. The maximum absolute atomic E-state index is 12.0. The number of aryl methyl sites for hydroxylation is 1. The first-order chi connectivity index (χ1) is 8.56. The smallest absolute Gasteiger partial charge is 0.278 e. The molecule has 1 aliphatic rings. The number of nitrogen functional groups attached to an aromatic ring is 1. The van der Waals surface area contributed by atoms with Crippen molar-refractivity contribution < 1.29 is 0 Å². The Morgan fingerprint density at radius 3 is 2.83 bits per heavy atom. The molecule has 1 aliphatic carbocycles. The summed E-state index contributed by atoms with van der Waals surface area (Å²) in [6.07, 6.45) is 5.74. The van der Waals surface area contributed by atoms with Gasteiger partial charge in [-0.2, -0.15) is 5.10 Å². The van der Waals surface area contributed by atoms with Gasteiger partial charge in [0.15, 0.2) is 0 Å². The Bertz CT molecular complexity index is 669. The lowest BCUT2D eigenvalue weighted by Crippen LogP contribution is -2.21. The number of pyridine rings is 1. The van der Waals surface area contributed by atoms with Gasteiger partial charge >= 0.3 is 0 Å². The summed E-state index contributed by atoms with van der Waals surface area (Å²) in [5.41, 5.74) is 7.05. The van der Waals surface area contributed by atoms with E-state index < -0.39 is 0 Å². The number of aromatic nitrogens is 3. The second-order valence-electron chi connectivity index (χ2n) is 4.60. The predicted molar refractivity (Wildman–Crippen MR) is 70.3 cm³/mol. The van der Waals surface area contributed by atoms with E-state index in [1.54, 1.807) is 6.20 Å². The largest absolute Gasteiger partial charge is 0.394 e. The Morgan fingerprint density at radius 1 is 1.44 bits per heavy atom. The lowest BCUT2D eigenvalue weighted by atomic mass is 10.3. The quantitative estimate of drug-likeness (QED) is 0.901. The van der Waals surface area contributed by atoms with E-state index in [9.17, 15) is 4.79 Å². The number of rotatable bonds is 2. The van der Waals surface area contributed by atoms with E-state index in [4.69, 9.17) is 17.3 Å². The zero-order valence-corrected chi connectivity index (χ0v) is 10.7. The van der Waals surface area contributed by atoms with Crippen molar-refractivity contribution in [3.8, 4) is 5.69 Å². The van der Waals surface area contributed by atoms with Gasteiger partial charge in [-0.05, 0) is 25.8 Å². The summed E-state index contributed by atoms with van der Waals surface area (Å²) in [4.78, 5) is 12.0. The third-order valence-corrected chi connectivity index (χ3v) is 3.29. The second-order valence-corrected chi connectivity index (χ2v) is 5.04. The number of halogens is 1. The topological polar surface area (TPSA) is 65.8 Å². The predicted octanol–water partition coefficient (Wildman–Crippen LogP) is 1.91. The minimum absolute atomic E-state index is 0.140. The lowest BCUT2D eigenvalue weighted by Gasteiger charge is -2.05. The van der Waals surface area contributed by atoms with Crippen LogP contribution in [0.3, 0.4) is 0 Å². The van der Waals surface area contributed by atoms with Crippen molar-refractivity contribution in [2.75, 3.05) is 5.73 Å². The number of nitrogens with two attached hydrogens (primary N) is 1. The zero-order valence-electron chi connectivity index (χ0n) is 9.93. The molecule has 2 heterocycles. The van der Waals surface area contributed by atoms with Crippen molar-refractivity contribution >= 4 is 17.3 Å². The first-order valence-electron chi connectivity index (χ1n) is 5.80. The number of hydrogen-bond donors (Lipinski definition) is 1. The van der Waals surface area contributed by atoms with Crippen LogP contribution in [0.4, 0.5) is 5.69 Å². The third-order valence-electron chi connectivity index (χ3n) is 3.08. The van der Waals surface area contributed by atoms with Crippen LogP contribution in [0.25, 0.3) is 5.69 Å². The van der Waals surface area contributed by atoms with E-state index in [1.807, 2.05) is 17.8 Å². The Balaban J connectivity index is 2.17. The van der Waals surface area contributed by atoms with Crippen molar-refractivity contribution in [1.82, 2.24) is 14.3 Å². The molecule has 2 N–H and O–H groups in total. The highest BCUT2D eigenvalue weighted by molar-refractivity contribution is 6.30. The van der Waals surface area contributed by atoms with Gasteiger partial charge in [-0.1, -0.05) is 11.6 Å². The molecule has 0 saturated heterocycles. The Hall–Kier alpha value is -1.75. The molecular formula is C12H13ClN4O. The summed E-state index contributed by atoms with van der Waals surface area (Å²) < 4.78 is 3.37. The minimum Gasteiger partial charge on any atom is -0.394 e. The maximum Gasteiger partial charge on any atom is 0.278 e. The van der Waals surface area contributed by atoms with Gasteiger partial charge in [-0.3, -0.25) is 14.0 Å². The first kappa shape index (κ1) is 11.3. The van der Waals surface area contributed by atoms with Crippen molar-refractivity contribution in [3.63, 3.8) is 0 Å². The lowest BCUT2D eigenvalue weighted by molar-refractivity contribution is 0.635. The van der Waals surface area contributed by atoms with E-state index in [1.165, 1.54) is 10.6 Å². The average Bonchev–Trinajstić information content (AvgIpc) is 3.08. The van der Waals surface area contributed by atoms with E-state index in [0.29, 0.717) is 11.1 Å². The highest BCUT2D eigenvalue weighted by atomic mass is 35.5. The van der Waals surface area contributed by atoms with Crippen LogP contribution in [0.1, 0.15) is 24.6 Å². The molecule has 0 atom stereocenters. The fraction of sp³-hybridized carbons (Fsp3) is 0.333. The molecular weight excluding hydrogens is 252 g/mol. The Morgan fingerprint density at radius 2 is 2.17 bits per heavy atom. The van der Waals surface area contributed by atoms with Crippen LogP contribution in [0.5, 0.6) is 0 Å². The number of nitrogens with zero attached hydrogens (tertiary/aromatic N) is 3. The standard InChI is InChI=1S/C12H13ClN4O/c1-7-11(6-17(15-7)9-2-3-9)16-5-8(13)4-10(14)12(16)18/h4-6,9H,2-3,14H2,1H3. The summed E-state index contributed by atoms with van der Waals surface area (Å²) >= 11 is 5.94. The minimum atomic E-state index is -0.266. The molecule has 0 bridgehead atoms. The van der Waals surface area contributed by atoms with Gasteiger partial charge in [0.1, 0.15) is 0 Å². The summed E-state index contributed by atoms with van der Waals surface area (Å²) in [5.74, 6) is 0. The molecule has 0 unspecified atom stereocenters. The zero-order chi connectivity index (χ0) is 12.9. The fourth-order valence-electron chi connectivity index (χ4n) is 1.98. The monoisotopic (exact) mass is 264 g/mol. The van der Waals surface area contributed by atoms with E-state index in [2.05, 4.69) is 5.10 Å². The van der Waals surface area contributed by atoms with Crippen molar-refractivity contribution in [2.24, 2.45) is 0 Å². The first-order valence-corrected chi connectivity index (χ1v) is 6.18. The number of hydrogen-bond acceptors (Lipinski definition) is 3. The van der Waals surface area contributed by atoms with Crippen LogP contribution in [-0.2, 0) is 0 Å². The molecule has 2 aromatic rings. The van der Waals surface area contributed by atoms with Gasteiger partial charge in [0.05, 0.1) is 28.1 Å². The van der Waals surface area contributed by atoms with Crippen LogP contribution in [0.2, 0.25) is 5.02 Å². The van der Waals surface area contributed by atoms with E-state index >= 15 is 0 Å². The molecule has 1 saturated carbocycles. The molecule has 0 radical (unpaired) electrons. The molecule has 0 amide bonds. The van der Waals surface area contributed by atoms with Crippen LogP contribution in [-0.4, -0.2) is 14.3 Å². The summed E-state index contributed by atoms with van der Waals surface area (Å²) in [6.45, 7) is 1.87. The summed E-state index contributed by atoms with van der Waals surface area (Å²) in [6, 6.07) is 1.94. The third kappa shape index (κ3) is 1.80. The summed E-state index contributed by atoms with van der Waals surface area (Å²) in [7, 11) is 0. The van der Waals surface area contributed by atoms with Gasteiger partial charge in [-0.15, -0.1) is 0 Å². The van der Waals surface area contributed by atoms with Gasteiger partial charge < -0.3 is 5.73 Å². The van der Waals surface area contributed by atoms with Crippen molar-refractivity contribution in [1.29, 1.82) is 0 Å². The fourth-order valence-corrected chi connectivity index (χ4v) is 2.20. The van der Waals surface area contributed by atoms with Gasteiger partial charge in [0, 0.05) is 12.4 Å². The maximum atomic E-state index is 12.0. The normalized spacial score (nSPS) is 15.0. The van der Waals surface area contributed by atoms with E-state index in [-0.39, 0.29) is 11.2 Å². The van der Waals surface area contributed by atoms with Crippen LogP contribution >= 0.6 is 11.6 Å². The Labute approximate surface area is 109 Å². The molecule has 3 rings (SSSR count). The SMILES string of the molecule is Cc1nn(C2CC2)cc1-n1cc(Cl)cc(N)c1=O. The van der Waals surface area contributed by atoms with E-state index in [0.717, 1.165) is 24.2 Å². The second kappa shape index (κ2) is 3.88. The van der Waals surface area contributed by atoms with Crippen LogP contribution in [0.15, 0.2) is 23.3 Å². The van der Waals surface area contributed by atoms with Crippen LogP contribution in [0, 0.1) is 6.92 Å². The molecule has 6 heteroatoms. The molecule has 94 valence electrons. The highest BCUT2D eigenvalue weighted by Gasteiger charge is 2.25. The highest BCUT2D eigenvalue weighted by Crippen LogP contribution is 2.35. The molecule has 18 heavy (non-hydrogen) atoms. The van der Waals surface area contributed by atoms with Crippen molar-refractivity contribution in [3.05, 3.63) is 39.5 Å². The summed E-state index contributed by atoms with van der Waals surface area (Å²) in [5, 5.41) is 4.86. The molecule has 0 aromatic carbocycles. The molecule has 2 aromatic heterocycles. The Kier molecular flexibility index (Phi) is 2.45. The molecule has 0 spiro atoms. The average molecular weight is 265 g/mol. The van der Waals surface area contributed by atoms with Crippen molar-refractivity contribution in [2.45, 2.75) is 25.8 Å². The molecule has 1 fully saturated rings. The van der Waals surface area contributed by atoms with Gasteiger partial charge in [0.25, 0.3) is 5.56 Å². The van der Waals surface area contributed by atoms with Crippen LogP contribution < -0.4 is 11.3 Å². The van der Waals surface area contributed by atoms with Gasteiger partial charge in [0.2, 0.25) is 0 Å².